The number of aliphatic hydroxyl groups excluding tert-OH is 1. The molecule has 3 rings (SSSR count). The maximum atomic E-state index is 13.4. The Hall–Kier alpha value is -2.96. The monoisotopic (exact) mass is 423 g/mol. The summed E-state index contributed by atoms with van der Waals surface area (Å²) in [5, 5.41) is 12.6. The number of nitrogens with zero attached hydrogens (tertiary/aromatic N) is 1. The molecule has 1 heterocycles. The molecule has 0 saturated carbocycles. The molecule has 0 spiro atoms. The lowest BCUT2D eigenvalue weighted by molar-refractivity contribution is -0.692. The average Bonchev–Trinajstić information content (AvgIpc) is 2.79. The van der Waals surface area contributed by atoms with Crippen LogP contribution >= 0.6 is 12.2 Å². The van der Waals surface area contributed by atoms with Gasteiger partial charge in [-0.25, -0.2) is 4.39 Å². The molecule has 0 aliphatic heterocycles. The molecule has 0 fully saturated rings. The minimum Gasteiger partial charge on any atom is -0.391 e. The summed E-state index contributed by atoms with van der Waals surface area (Å²) in [4.78, 5) is 13.7. The lowest BCUT2D eigenvalue weighted by Crippen LogP contribution is -2.51. The van der Waals surface area contributed by atoms with Crippen molar-refractivity contribution in [1.82, 2.24) is 5.32 Å². The highest BCUT2D eigenvalue weighted by atomic mass is 32.1. The van der Waals surface area contributed by atoms with Gasteiger partial charge in [0.2, 0.25) is 5.78 Å². The first-order valence-electron chi connectivity index (χ1n) is 9.77. The Kier molecular flexibility index (Phi) is 7.38. The SMILES string of the molecule is CCc1ccc(C(=O)[C@H](C(=S)NCc2ccc(F)cc2)[n+]2cccc(CO)c2)cc1. The Bertz CT molecular complexity index is 1020. The van der Waals surface area contributed by atoms with Crippen molar-refractivity contribution in [2.24, 2.45) is 0 Å². The van der Waals surface area contributed by atoms with Crippen molar-refractivity contribution >= 4 is 23.0 Å². The summed E-state index contributed by atoms with van der Waals surface area (Å²) in [7, 11) is 0. The first-order valence-corrected chi connectivity index (χ1v) is 10.2. The van der Waals surface area contributed by atoms with E-state index in [0.717, 1.165) is 17.5 Å². The summed E-state index contributed by atoms with van der Waals surface area (Å²) in [5.74, 6) is -0.448. The quantitative estimate of drug-likeness (QED) is 0.330. The van der Waals surface area contributed by atoms with E-state index >= 15 is 0 Å². The predicted molar refractivity (Wildman–Crippen MR) is 118 cm³/mol. The largest absolute Gasteiger partial charge is 0.391 e. The number of carbonyl (C=O) groups excluding carboxylic acids is 1. The number of ketones is 1. The summed E-state index contributed by atoms with van der Waals surface area (Å²) < 4.78 is 14.8. The number of benzene rings is 2. The van der Waals surface area contributed by atoms with Gasteiger partial charge in [0.25, 0.3) is 6.04 Å². The van der Waals surface area contributed by atoms with E-state index < -0.39 is 6.04 Å². The number of carbonyl (C=O) groups is 1. The van der Waals surface area contributed by atoms with E-state index in [1.807, 2.05) is 24.3 Å². The van der Waals surface area contributed by atoms with Crippen LogP contribution in [0.25, 0.3) is 0 Å². The molecule has 0 amide bonds. The van der Waals surface area contributed by atoms with E-state index in [1.165, 1.54) is 12.1 Å². The van der Waals surface area contributed by atoms with Crippen LogP contribution in [0.2, 0.25) is 0 Å². The van der Waals surface area contributed by atoms with Crippen LogP contribution in [0.1, 0.15) is 40.0 Å². The highest BCUT2D eigenvalue weighted by Crippen LogP contribution is 2.14. The number of aliphatic hydroxyl groups is 1. The Morgan fingerprint density at radius 2 is 1.73 bits per heavy atom. The molecule has 4 nitrogen and oxygen atoms in total. The molecular formula is C24H24FN2O2S+. The number of halogens is 1. The fraction of sp³-hybridized carbons (Fsp3) is 0.208. The van der Waals surface area contributed by atoms with Crippen molar-refractivity contribution in [3.8, 4) is 0 Å². The number of thiocarbonyl (C=S) groups is 1. The third-order valence-electron chi connectivity index (χ3n) is 4.89. The summed E-state index contributed by atoms with van der Waals surface area (Å²) in [5.41, 5.74) is 3.24. The van der Waals surface area contributed by atoms with Crippen molar-refractivity contribution in [3.63, 3.8) is 0 Å². The second-order valence-electron chi connectivity index (χ2n) is 6.98. The molecule has 6 heteroatoms. The molecule has 30 heavy (non-hydrogen) atoms. The molecule has 1 aromatic heterocycles. The minimum atomic E-state index is -0.764. The summed E-state index contributed by atoms with van der Waals surface area (Å²) in [6.45, 7) is 2.30. The van der Waals surface area contributed by atoms with Gasteiger partial charge in [0.15, 0.2) is 17.4 Å². The van der Waals surface area contributed by atoms with E-state index in [4.69, 9.17) is 12.2 Å². The van der Waals surface area contributed by atoms with Crippen LogP contribution in [-0.4, -0.2) is 15.9 Å². The molecule has 1 atom stereocenters. The van der Waals surface area contributed by atoms with Crippen LogP contribution in [0.4, 0.5) is 4.39 Å². The molecule has 2 aromatic carbocycles. The summed E-state index contributed by atoms with van der Waals surface area (Å²) in [6, 6.07) is 16.4. The van der Waals surface area contributed by atoms with Gasteiger partial charge in [-0.05, 0) is 35.7 Å². The zero-order valence-electron chi connectivity index (χ0n) is 16.7. The fourth-order valence-corrected chi connectivity index (χ4v) is 3.44. The van der Waals surface area contributed by atoms with Crippen molar-refractivity contribution in [2.45, 2.75) is 32.5 Å². The number of Topliss-reactive ketones (excluding diaryl/α,β-unsaturated/α-hetero) is 1. The number of pyridine rings is 1. The zero-order chi connectivity index (χ0) is 21.5. The van der Waals surface area contributed by atoms with Crippen LogP contribution in [0, 0.1) is 5.82 Å². The van der Waals surface area contributed by atoms with Crippen molar-refractivity contribution in [3.05, 3.63) is 101 Å². The molecule has 0 aliphatic rings. The highest BCUT2D eigenvalue weighted by Gasteiger charge is 2.33. The van der Waals surface area contributed by atoms with Gasteiger partial charge < -0.3 is 10.4 Å². The Morgan fingerprint density at radius 3 is 2.37 bits per heavy atom. The van der Waals surface area contributed by atoms with Gasteiger partial charge >= 0.3 is 0 Å². The number of nitrogens with one attached hydrogen (secondary N) is 1. The first-order chi connectivity index (χ1) is 14.5. The summed E-state index contributed by atoms with van der Waals surface area (Å²) >= 11 is 5.60. The van der Waals surface area contributed by atoms with Crippen LogP contribution in [-0.2, 0) is 19.6 Å². The van der Waals surface area contributed by atoms with Gasteiger partial charge in [-0.1, -0.05) is 55.5 Å². The number of hydrogen-bond donors (Lipinski definition) is 2. The van der Waals surface area contributed by atoms with Crippen molar-refractivity contribution in [2.75, 3.05) is 0 Å². The minimum absolute atomic E-state index is 0.136. The van der Waals surface area contributed by atoms with Gasteiger partial charge in [-0.15, -0.1) is 0 Å². The molecule has 0 unspecified atom stereocenters. The fourth-order valence-electron chi connectivity index (χ4n) is 3.14. The van der Waals surface area contributed by atoms with Crippen molar-refractivity contribution in [1.29, 1.82) is 0 Å². The van der Waals surface area contributed by atoms with E-state index in [-0.39, 0.29) is 18.2 Å². The molecule has 0 aliphatic carbocycles. The van der Waals surface area contributed by atoms with Crippen LogP contribution in [0.5, 0.6) is 0 Å². The van der Waals surface area contributed by atoms with Gasteiger partial charge in [0, 0.05) is 23.7 Å². The zero-order valence-corrected chi connectivity index (χ0v) is 17.5. The molecule has 154 valence electrons. The van der Waals surface area contributed by atoms with Gasteiger partial charge in [-0.3, -0.25) is 4.79 Å². The predicted octanol–water partition coefficient (Wildman–Crippen LogP) is 3.71. The van der Waals surface area contributed by atoms with E-state index in [1.54, 1.807) is 41.2 Å². The number of aryl methyl sites for hydroxylation is 1. The molecule has 0 bridgehead atoms. The van der Waals surface area contributed by atoms with Crippen LogP contribution in [0.15, 0.2) is 73.1 Å². The number of hydrogen-bond acceptors (Lipinski definition) is 3. The topological polar surface area (TPSA) is 53.2 Å². The van der Waals surface area contributed by atoms with Crippen LogP contribution < -0.4 is 9.88 Å². The number of aromatic nitrogens is 1. The Balaban J connectivity index is 1.88. The van der Waals surface area contributed by atoms with Gasteiger partial charge in [-0.2, -0.15) is 4.57 Å². The van der Waals surface area contributed by atoms with Gasteiger partial charge in [0.1, 0.15) is 5.82 Å². The third kappa shape index (κ3) is 5.34. The van der Waals surface area contributed by atoms with Gasteiger partial charge in [0.05, 0.1) is 6.61 Å². The first kappa shape index (κ1) is 21.7. The molecule has 0 saturated heterocycles. The second-order valence-corrected chi connectivity index (χ2v) is 7.42. The van der Waals surface area contributed by atoms with E-state index in [2.05, 4.69) is 12.2 Å². The van der Waals surface area contributed by atoms with E-state index in [9.17, 15) is 14.3 Å². The Morgan fingerprint density at radius 1 is 1.07 bits per heavy atom. The van der Waals surface area contributed by atoms with Crippen molar-refractivity contribution < 1.29 is 18.9 Å². The maximum Gasteiger partial charge on any atom is 0.270 e. The number of rotatable bonds is 8. The smallest absolute Gasteiger partial charge is 0.270 e. The maximum absolute atomic E-state index is 13.4. The molecule has 3 aromatic rings. The highest BCUT2D eigenvalue weighted by molar-refractivity contribution is 7.80. The third-order valence-corrected chi connectivity index (χ3v) is 5.26. The second kappa shape index (κ2) is 10.2. The molecule has 0 radical (unpaired) electrons. The standard InChI is InChI=1S/C24H23FN2O2S/c1-2-17-5-9-20(10-6-17)23(29)22(27-13-3-4-19(15-27)16-28)24(30)26-14-18-7-11-21(25)12-8-18/h3-13,15,22,28H,2,14,16H2,1H3/p+1/t22-/m1/s1. The molecule has 2 N–H and O–H groups in total. The molecular weight excluding hydrogens is 399 g/mol. The average molecular weight is 424 g/mol. The Labute approximate surface area is 181 Å². The van der Waals surface area contributed by atoms with Crippen LogP contribution in [0.3, 0.4) is 0 Å². The summed E-state index contributed by atoms with van der Waals surface area (Å²) in [6.07, 6.45) is 4.37. The van der Waals surface area contributed by atoms with E-state index in [0.29, 0.717) is 22.7 Å². The normalized spacial score (nSPS) is 11.7. The lowest BCUT2D eigenvalue weighted by Gasteiger charge is -2.15. The lowest BCUT2D eigenvalue weighted by atomic mass is 10.0.